The van der Waals surface area contributed by atoms with E-state index in [1.54, 1.807) is 24.3 Å². The minimum Gasteiger partial charge on any atom is -0.480 e. The summed E-state index contributed by atoms with van der Waals surface area (Å²) in [7, 11) is 0. The van der Waals surface area contributed by atoms with Crippen molar-refractivity contribution in [1.29, 1.82) is 0 Å². The lowest BCUT2D eigenvalue weighted by atomic mass is 10.1. The van der Waals surface area contributed by atoms with Gasteiger partial charge in [-0.3, -0.25) is 10.1 Å². The lowest BCUT2D eigenvalue weighted by molar-refractivity contribution is -0.139. The smallest absolute Gasteiger partial charge is 0.325 e. The molecule has 1 heterocycles. The molecule has 0 radical (unpaired) electrons. The molecule has 0 saturated carbocycles. The van der Waals surface area contributed by atoms with Gasteiger partial charge in [0.2, 0.25) is 5.89 Å². The van der Waals surface area contributed by atoms with Crippen molar-refractivity contribution in [3.63, 3.8) is 0 Å². The highest BCUT2D eigenvalue weighted by atomic mass is 16.5. The molecule has 1 aromatic carbocycles. The second kappa shape index (κ2) is 6.10. The molecule has 2 aromatic rings. The molecule has 0 aliphatic carbocycles. The first-order valence-electron chi connectivity index (χ1n) is 6.03. The zero-order valence-corrected chi connectivity index (χ0v) is 10.5. The second-order valence-corrected chi connectivity index (χ2v) is 4.02. The molecule has 0 aliphatic heterocycles. The van der Waals surface area contributed by atoms with E-state index >= 15 is 0 Å². The van der Waals surface area contributed by atoms with Crippen LogP contribution >= 0.6 is 0 Å². The maximum absolute atomic E-state index is 11.3. The molecule has 2 rings (SSSR count). The maximum atomic E-state index is 11.3. The van der Waals surface area contributed by atoms with E-state index in [1.807, 2.05) is 13.0 Å². The molecule has 2 N–H and O–H groups in total. The summed E-state index contributed by atoms with van der Waals surface area (Å²) >= 11 is 0. The van der Waals surface area contributed by atoms with Crippen molar-refractivity contribution in [3.8, 4) is 0 Å². The van der Waals surface area contributed by atoms with Crippen LogP contribution in [0.3, 0.4) is 0 Å². The van der Waals surface area contributed by atoms with Gasteiger partial charge in [0.1, 0.15) is 6.04 Å². The van der Waals surface area contributed by atoms with E-state index in [9.17, 15) is 9.90 Å². The molecule has 0 bridgehead atoms. The number of aliphatic carboxylic acids is 1. The van der Waals surface area contributed by atoms with Crippen molar-refractivity contribution in [2.24, 2.45) is 0 Å². The molecule has 0 fully saturated rings. The second-order valence-electron chi connectivity index (χ2n) is 4.02. The highest BCUT2D eigenvalue weighted by Crippen LogP contribution is 2.13. The summed E-state index contributed by atoms with van der Waals surface area (Å²) in [5.41, 5.74) is 0.685. The van der Waals surface area contributed by atoms with Crippen molar-refractivity contribution in [2.45, 2.75) is 25.9 Å². The van der Waals surface area contributed by atoms with Crippen molar-refractivity contribution in [2.75, 3.05) is 0 Å². The van der Waals surface area contributed by atoms with Crippen molar-refractivity contribution < 1.29 is 14.4 Å². The molecule has 19 heavy (non-hydrogen) atoms. The Morgan fingerprint density at radius 2 is 2.16 bits per heavy atom. The highest BCUT2D eigenvalue weighted by molar-refractivity contribution is 5.75. The highest BCUT2D eigenvalue weighted by Gasteiger charge is 2.19. The average molecular weight is 261 g/mol. The zero-order valence-electron chi connectivity index (χ0n) is 10.5. The largest absolute Gasteiger partial charge is 0.480 e. The first-order valence-corrected chi connectivity index (χ1v) is 6.03. The van der Waals surface area contributed by atoms with Crippen LogP contribution in [0.5, 0.6) is 0 Å². The van der Waals surface area contributed by atoms with Crippen LogP contribution in [0, 0.1) is 0 Å². The number of benzene rings is 1. The molecular weight excluding hydrogens is 246 g/mol. The Hall–Kier alpha value is -2.21. The van der Waals surface area contributed by atoms with E-state index in [1.165, 1.54) is 0 Å². The lowest BCUT2D eigenvalue weighted by Crippen LogP contribution is -2.28. The summed E-state index contributed by atoms with van der Waals surface area (Å²) in [4.78, 5) is 15.4. The summed E-state index contributed by atoms with van der Waals surface area (Å²) in [6.45, 7) is 2.14. The minimum atomic E-state index is -0.943. The van der Waals surface area contributed by atoms with E-state index in [-0.39, 0.29) is 6.54 Å². The van der Waals surface area contributed by atoms with Gasteiger partial charge in [-0.1, -0.05) is 42.4 Å². The molecule has 0 aliphatic rings. The topological polar surface area (TPSA) is 88.2 Å². The van der Waals surface area contributed by atoms with Gasteiger partial charge < -0.3 is 9.63 Å². The summed E-state index contributed by atoms with van der Waals surface area (Å²) in [6.07, 6.45) is 0.685. The fourth-order valence-electron chi connectivity index (χ4n) is 1.69. The molecule has 6 heteroatoms. The summed E-state index contributed by atoms with van der Waals surface area (Å²) < 4.78 is 5.01. The van der Waals surface area contributed by atoms with Gasteiger partial charge in [0.05, 0.1) is 6.54 Å². The third kappa shape index (κ3) is 3.38. The first-order chi connectivity index (χ1) is 9.20. The molecule has 6 nitrogen and oxygen atoms in total. The van der Waals surface area contributed by atoms with Crippen LogP contribution in [0.1, 0.15) is 30.2 Å². The normalized spacial score (nSPS) is 12.3. The van der Waals surface area contributed by atoms with E-state index in [2.05, 4.69) is 15.5 Å². The van der Waals surface area contributed by atoms with Gasteiger partial charge in [-0.2, -0.15) is 4.98 Å². The van der Waals surface area contributed by atoms with Gasteiger partial charge in [0, 0.05) is 6.42 Å². The number of nitrogens with one attached hydrogen (secondary N) is 1. The van der Waals surface area contributed by atoms with Crippen LogP contribution in [0.25, 0.3) is 0 Å². The van der Waals surface area contributed by atoms with E-state index in [4.69, 9.17) is 4.52 Å². The molecule has 100 valence electrons. The van der Waals surface area contributed by atoms with Gasteiger partial charge in [-0.05, 0) is 5.56 Å². The Labute approximate surface area is 110 Å². The SMILES string of the molecule is CCc1noc(CNC(C(=O)O)c2ccccc2)n1. The number of carboxylic acid groups (broad SMARTS) is 1. The summed E-state index contributed by atoms with van der Waals surface area (Å²) in [5.74, 6) is 0.0591. The maximum Gasteiger partial charge on any atom is 0.325 e. The van der Waals surface area contributed by atoms with E-state index in [0.717, 1.165) is 0 Å². The van der Waals surface area contributed by atoms with Gasteiger partial charge in [-0.25, -0.2) is 0 Å². The predicted octanol–water partition coefficient (Wildman–Crippen LogP) is 1.55. The van der Waals surface area contributed by atoms with Crippen LogP contribution in [0.15, 0.2) is 34.9 Å². The molecule has 0 spiro atoms. The Balaban J connectivity index is 2.04. The van der Waals surface area contributed by atoms with Crippen LogP contribution < -0.4 is 5.32 Å². The number of hydrogen-bond acceptors (Lipinski definition) is 5. The van der Waals surface area contributed by atoms with E-state index < -0.39 is 12.0 Å². The monoisotopic (exact) mass is 261 g/mol. The molecule has 0 saturated heterocycles. The van der Waals surface area contributed by atoms with E-state index in [0.29, 0.717) is 23.7 Å². The third-order valence-corrected chi connectivity index (χ3v) is 2.66. The lowest BCUT2D eigenvalue weighted by Gasteiger charge is -2.13. The average Bonchev–Trinajstić information content (AvgIpc) is 2.88. The van der Waals surface area contributed by atoms with Crippen LogP contribution in [-0.2, 0) is 17.8 Å². The van der Waals surface area contributed by atoms with Crippen LogP contribution in [0.4, 0.5) is 0 Å². The van der Waals surface area contributed by atoms with Gasteiger partial charge >= 0.3 is 5.97 Å². The minimum absolute atomic E-state index is 0.221. The molecule has 1 atom stereocenters. The molecular formula is C13H15N3O3. The fourth-order valence-corrected chi connectivity index (χ4v) is 1.69. The Morgan fingerprint density at radius 3 is 2.74 bits per heavy atom. The van der Waals surface area contributed by atoms with Crippen molar-refractivity contribution >= 4 is 5.97 Å². The number of aromatic nitrogens is 2. The van der Waals surface area contributed by atoms with Crippen LogP contribution in [0.2, 0.25) is 0 Å². The third-order valence-electron chi connectivity index (χ3n) is 2.66. The number of carboxylic acids is 1. The Bertz CT molecular complexity index is 539. The number of hydrogen-bond donors (Lipinski definition) is 2. The quantitative estimate of drug-likeness (QED) is 0.820. The first kappa shape index (κ1) is 13.2. The Kier molecular flexibility index (Phi) is 4.25. The number of nitrogens with zero attached hydrogens (tertiary/aromatic N) is 2. The number of aryl methyl sites for hydroxylation is 1. The summed E-state index contributed by atoms with van der Waals surface area (Å²) in [5, 5.41) is 15.9. The van der Waals surface area contributed by atoms with Crippen LogP contribution in [-0.4, -0.2) is 21.2 Å². The molecule has 1 unspecified atom stereocenters. The van der Waals surface area contributed by atoms with Crippen molar-refractivity contribution in [3.05, 3.63) is 47.6 Å². The van der Waals surface area contributed by atoms with Gasteiger partial charge in [-0.15, -0.1) is 0 Å². The number of rotatable bonds is 6. The summed E-state index contributed by atoms with van der Waals surface area (Å²) in [6, 6.07) is 8.17. The van der Waals surface area contributed by atoms with Gasteiger partial charge in [0.25, 0.3) is 0 Å². The molecule has 1 aromatic heterocycles. The van der Waals surface area contributed by atoms with Gasteiger partial charge in [0.15, 0.2) is 5.82 Å². The zero-order chi connectivity index (χ0) is 13.7. The molecule has 0 amide bonds. The van der Waals surface area contributed by atoms with Crippen molar-refractivity contribution in [1.82, 2.24) is 15.5 Å². The predicted molar refractivity (Wildman–Crippen MR) is 67.3 cm³/mol. The fraction of sp³-hybridized carbons (Fsp3) is 0.308. The Morgan fingerprint density at radius 1 is 1.42 bits per heavy atom. The number of carbonyl (C=O) groups is 1. The standard InChI is InChI=1S/C13H15N3O3/c1-2-10-15-11(19-16-10)8-14-12(13(17)18)9-6-4-3-5-7-9/h3-7,12,14H,2,8H2,1H3,(H,17,18).